The Hall–Kier alpha value is -0.160. The molecule has 0 radical (unpaired) electrons. The van der Waals surface area contributed by atoms with E-state index in [0.29, 0.717) is 0 Å². The highest BCUT2D eigenvalue weighted by Crippen LogP contribution is 1.91. The summed E-state index contributed by atoms with van der Waals surface area (Å²) in [6.07, 6.45) is 4.96. The molecule has 1 aliphatic rings. The summed E-state index contributed by atoms with van der Waals surface area (Å²) >= 11 is 0. The second-order valence-electron chi connectivity index (χ2n) is 3.12. The molecule has 12 heavy (non-hydrogen) atoms. The number of hydrogen-bond donors (Lipinski definition) is 4. The van der Waals surface area contributed by atoms with Crippen molar-refractivity contribution >= 4 is 0 Å². The average Bonchev–Trinajstić information content (AvgIpc) is 2.05. The van der Waals surface area contributed by atoms with E-state index >= 15 is 0 Å². The van der Waals surface area contributed by atoms with Crippen LogP contribution in [0, 0.1) is 0 Å². The van der Waals surface area contributed by atoms with E-state index in [9.17, 15) is 0 Å². The first-order valence-electron chi connectivity index (χ1n) is 4.91. The van der Waals surface area contributed by atoms with E-state index < -0.39 is 0 Å². The molecule has 0 saturated carbocycles. The quantitative estimate of drug-likeness (QED) is 0.407. The third kappa shape index (κ3) is 5.49. The van der Waals surface area contributed by atoms with Crippen molar-refractivity contribution in [2.75, 3.05) is 26.2 Å². The van der Waals surface area contributed by atoms with Crippen molar-refractivity contribution in [2.24, 2.45) is 0 Å². The fourth-order valence-corrected chi connectivity index (χ4v) is 1.22. The zero-order valence-electron chi connectivity index (χ0n) is 7.66. The SMILES string of the molecule is C1CCNNCCCNNCC1. The molecule has 1 rings (SSSR count). The van der Waals surface area contributed by atoms with Crippen LogP contribution in [0.5, 0.6) is 0 Å². The lowest BCUT2D eigenvalue weighted by Crippen LogP contribution is -2.38. The minimum atomic E-state index is 1.04. The lowest BCUT2D eigenvalue weighted by molar-refractivity contribution is 0.443. The van der Waals surface area contributed by atoms with Gasteiger partial charge in [-0.25, -0.2) is 0 Å². The van der Waals surface area contributed by atoms with Crippen LogP contribution in [0.3, 0.4) is 0 Å². The number of nitrogens with one attached hydrogen (secondary N) is 4. The Kier molecular flexibility index (Phi) is 6.19. The van der Waals surface area contributed by atoms with Crippen LogP contribution in [-0.4, -0.2) is 26.2 Å². The number of rotatable bonds is 0. The highest BCUT2D eigenvalue weighted by atomic mass is 15.4. The summed E-state index contributed by atoms with van der Waals surface area (Å²) in [4.78, 5) is 0. The second-order valence-corrected chi connectivity index (χ2v) is 3.12. The van der Waals surface area contributed by atoms with Crippen LogP contribution < -0.4 is 21.7 Å². The Morgan fingerprint density at radius 2 is 0.833 bits per heavy atom. The molecule has 0 aromatic heterocycles. The number of hydrazine groups is 2. The first-order chi connectivity index (χ1) is 6.00. The molecule has 0 unspecified atom stereocenters. The minimum Gasteiger partial charge on any atom is -0.258 e. The van der Waals surface area contributed by atoms with Crippen LogP contribution in [0.2, 0.25) is 0 Å². The van der Waals surface area contributed by atoms with Crippen LogP contribution in [0.25, 0.3) is 0 Å². The summed E-state index contributed by atoms with van der Waals surface area (Å²) in [5, 5.41) is 0. The van der Waals surface area contributed by atoms with Gasteiger partial charge in [-0.3, -0.25) is 21.7 Å². The molecule has 0 aromatic carbocycles. The van der Waals surface area contributed by atoms with Crippen LogP contribution in [0.15, 0.2) is 0 Å². The van der Waals surface area contributed by atoms with Gasteiger partial charge in [0, 0.05) is 26.2 Å². The van der Waals surface area contributed by atoms with Crippen LogP contribution >= 0.6 is 0 Å². The molecule has 4 nitrogen and oxygen atoms in total. The van der Waals surface area contributed by atoms with E-state index in [1.54, 1.807) is 0 Å². The fraction of sp³-hybridized carbons (Fsp3) is 1.00. The van der Waals surface area contributed by atoms with Gasteiger partial charge in [-0.15, -0.1) is 0 Å². The second kappa shape index (κ2) is 7.49. The molecule has 1 aliphatic heterocycles. The van der Waals surface area contributed by atoms with Gasteiger partial charge in [-0.2, -0.15) is 0 Å². The molecular formula is C8H20N4. The number of hydrogen-bond acceptors (Lipinski definition) is 4. The molecule has 0 bridgehead atoms. The van der Waals surface area contributed by atoms with Gasteiger partial charge >= 0.3 is 0 Å². The summed E-state index contributed by atoms with van der Waals surface area (Å²) in [5.74, 6) is 0. The normalized spacial score (nSPS) is 24.0. The Labute approximate surface area is 74.4 Å². The lowest BCUT2D eigenvalue weighted by Gasteiger charge is -2.11. The van der Waals surface area contributed by atoms with E-state index in [4.69, 9.17) is 0 Å². The Morgan fingerprint density at radius 1 is 0.417 bits per heavy atom. The molecule has 72 valence electrons. The van der Waals surface area contributed by atoms with Gasteiger partial charge in [0.25, 0.3) is 0 Å². The average molecular weight is 172 g/mol. The lowest BCUT2D eigenvalue weighted by atomic mass is 10.2. The van der Waals surface area contributed by atoms with Gasteiger partial charge in [-0.1, -0.05) is 6.42 Å². The van der Waals surface area contributed by atoms with Crippen molar-refractivity contribution in [2.45, 2.75) is 25.7 Å². The molecule has 0 aromatic rings. The van der Waals surface area contributed by atoms with Crippen molar-refractivity contribution in [1.82, 2.24) is 21.7 Å². The van der Waals surface area contributed by atoms with Gasteiger partial charge in [0.1, 0.15) is 0 Å². The molecule has 1 fully saturated rings. The summed E-state index contributed by atoms with van der Waals surface area (Å²) < 4.78 is 0. The third-order valence-corrected chi connectivity index (χ3v) is 1.96. The van der Waals surface area contributed by atoms with E-state index in [0.717, 1.165) is 32.6 Å². The molecule has 1 saturated heterocycles. The zero-order chi connectivity index (χ0) is 8.49. The van der Waals surface area contributed by atoms with Gasteiger partial charge in [0.15, 0.2) is 0 Å². The minimum absolute atomic E-state index is 1.04. The van der Waals surface area contributed by atoms with Crippen molar-refractivity contribution in [3.05, 3.63) is 0 Å². The first kappa shape index (κ1) is 9.92. The molecule has 0 amide bonds. The van der Waals surface area contributed by atoms with Crippen molar-refractivity contribution < 1.29 is 0 Å². The predicted octanol–water partition coefficient (Wildman–Crippen LogP) is -0.251. The highest BCUT2D eigenvalue weighted by Gasteiger charge is 1.92. The summed E-state index contributed by atoms with van der Waals surface area (Å²) in [7, 11) is 0. The molecule has 4 heteroatoms. The molecule has 0 spiro atoms. The van der Waals surface area contributed by atoms with Gasteiger partial charge in [0.2, 0.25) is 0 Å². The summed E-state index contributed by atoms with van der Waals surface area (Å²) in [5.41, 5.74) is 12.8. The van der Waals surface area contributed by atoms with Crippen LogP contribution in [0.4, 0.5) is 0 Å². The fourth-order valence-electron chi connectivity index (χ4n) is 1.22. The van der Waals surface area contributed by atoms with E-state index in [1.165, 1.54) is 19.3 Å². The molecule has 4 N–H and O–H groups in total. The molecular weight excluding hydrogens is 152 g/mol. The smallest absolute Gasteiger partial charge is 0.0112 e. The van der Waals surface area contributed by atoms with Crippen molar-refractivity contribution in [3.63, 3.8) is 0 Å². The highest BCUT2D eigenvalue weighted by molar-refractivity contribution is 4.51. The monoisotopic (exact) mass is 172 g/mol. The van der Waals surface area contributed by atoms with Crippen molar-refractivity contribution in [3.8, 4) is 0 Å². The first-order valence-corrected chi connectivity index (χ1v) is 4.91. The summed E-state index contributed by atoms with van der Waals surface area (Å²) in [6, 6.07) is 0. The van der Waals surface area contributed by atoms with E-state index in [-0.39, 0.29) is 0 Å². The van der Waals surface area contributed by atoms with Crippen LogP contribution in [0.1, 0.15) is 25.7 Å². The van der Waals surface area contributed by atoms with Gasteiger partial charge in [-0.05, 0) is 19.3 Å². The van der Waals surface area contributed by atoms with E-state index in [2.05, 4.69) is 21.7 Å². The standard InChI is InChI=1S/C8H20N4/c1-2-5-9-11-7-4-8-12-10-6-3-1/h9-12H,1-8H2. The Morgan fingerprint density at radius 3 is 1.33 bits per heavy atom. The predicted molar refractivity (Wildman–Crippen MR) is 50.5 cm³/mol. The van der Waals surface area contributed by atoms with Crippen molar-refractivity contribution in [1.29, 1.82) is 0 Å². The maximum absolute atomic E-state index is 3.20. The largest absolute Gasteiger partial charge is 0.258 e. The molecule has 1 heterocycles. The third-order valence-electron chi connectivity index (χ3n) is 1.96. The Balaban J connectivity index is 2.00. The van der Waals surface area contributed by atoms with E-state index in [1.807, 2.05) is 0 Å². The van der Waals surface area contributed by atoms with Gasteiger partial charge in [0.05, 0.1) is 0 Å². The molecule has 0 atom stereocenters. The molecule has 0 aliphatic carbocycles. The maximum Gasteiger partial charge on any atom is 0.0112 e. The zero-order valence-corrected chi connectivity index (χ0v) is 7.66. The summed E-state index contributed by atoms with van der Waals surface area (Å²) in [6.45, 7) is 4.25. The van der Waals surface area contributed by atoms with Gasteiger partial charge < -0.3 is 0 Å². The van der Waals surface area contributed by atoms with Crippen LogP contribution in [-0.2, 0) is 0 Å². The Bertz CT molecular complexity index is 54.0. The topological polar surface area (TPSA) is 48.1 Å². The maximum atomic E-state index is 3.20.